The van der Waals surface area contributed by atoms with Crippen molar-refractivity contribution in [2.24, 2.45) is 0 Å². The molecule has 0 radical (unpaired) electrons. The molecule has 1 aliphatic rings. The van der Waals surface area contributed by atoms with E-state index in [2.05, 4.69) is 6.07 Å². The molecule has 1 atom stereocenters. The van der Waals surface area contributed by atoms with Gasteiger partial charge >= 0.3 is 0 Å². The van der Waals surface area contributed by atoms with Crippen molar-refractivity contribution >= 4 is 29.1 Å². The molecule has 4 heteroatoms. The molecule has 0 amide bonds. The van der Waals surface area contributed by atoms with E-state index in [1.807, 2.05) is 30.1 Å². The second-order valence-corrected chi connectivity index (χ2v) is 4.62. The van der Waals surface area contributed by atoms with Gasteiger partial charge in [-0.25, -0.2) is 0 Å². The Morgan fingerprint density at radius 2 is 2.43 bits per heavy atom. The molecule has 14 heavy (non-hydrogen) atoms. The summed E-state index contributed by atoms with van der Waals surface area (Å²) in [5.41, 5.74) is 0.983. The maximum Gasteiger partial charge on any atom is 0.126 e. The fourth-order valence-electron chi connectivity index (χ4n) is 1.51. The SMILES string of the molecule is CN1c2c(Cl)cccc2SCC1C#N. The first-order chi connectivity index (χ1) is 6.74. The van der Waals surface area contributed by atoms with Crippen molar-refractivity contribution in [3.05, 3.63) is 23.2 Å². The van der Waals surface area contributed by atoms with Crippen LogP contribution >= 0.6 is 23.4 Å². The summed E-state index contributed by atoms with van der Waals surface area (Å²) in [7, 11) is 1.92. The Bertz CT molecular complexity index is 400. The number of anilines is 1. The molecule has 2 rings (SSSR count). The van der Waals surface area contributed by atoms with Crippen LogP contribution in [-0.4, -0.2) is 18.8 Å². The summed E-state index contributed by atoms with van der Waals surface area (Å²) in [5, 5.41) is 9.65. The predicted molar refractivity (Wildman–Crippen MR) is 60.0 cm³/mol. The Morgan fingerprint density at radius 1 is 1.64 bits per heavy atom. The minimum absolute atomic E-state index is 0.0765. The van der Waals surface area contributed by atoms with Crippen molar-refractivity contribution < 1.29 is 0 Å². The zero-order chi connectivity index (χ0) is 10.1. The number of nitrogens with zero attached hydrogens (tertiary/aromatic N) is 2. The van der Waals surface area contributed by atoms with Gasteiger partial charge < -0.3 is 4.90 Å². The first-order valence-electron chi connectivity index (χ1n) is 4.28. The lowest BCUT2D eigenvalue weighted by molar-refractivity contribution is 0.823. The van der Waals surface area contributed by atoms with Crippen LogP contribution < -0.4 is 4.90 Å². The van der Waals surface area contributed by atoms with Crippen LogP contribution in [0, 0.1) is 11.3 Å². The number of hydrogen-bond acceptors (Lipinski definition) is 3. The Morgan fingerprint density at radius 3 is 3.14 bits per heavy atom. The zero-order valence-electron chi connectivity index (χ0n) is 7.70. The summed E-state index contributed by atoms with van der Waals surface area (Å²) >= 11 is 7.79. The second-order valence-electron chi connectivity index (χ2n) is 3.15. The summed E-state index contributed by atoms with van der Waals surface area (Å²) in [4.78, 5) is 3.11. The van der Waals surface area contributed by atoms with Gasteiger partial charge in [0.1, 0.15) is 6.04 Å². The number of nitriles is 1. The van der Waals surface area contributed by atoms with Crippen molar-refractivity contribution in [1.82, 2.24) is 0 Å². The van der Waals surface area contributed by atoms with Gasteiger partial charge in [0.15, 0.2) is 0 Å². The minimum atomic E-state index is -0.0765. The molecular weight excluding hydrogens is 216 g/mol. The number of hydrogen-bond donors (Lipinski definition) is 0. The maximum atomic E-state index is 8.93. The van der Waals surface area contributed by atoms with E-state index in [4.69, 9.17) is 16.9 Å². The van der Waals surface area contributed by atoms with Gasteiger partial charge in [-0.2, -0.15) is 5.26 Å². The lowest BCUT2D eigenvalue weighted by Crippen LogP contribution is -2.35. The molecule has 1 heterocycles. The van der Waals surface area contributed by atoms with E-state index in [9.17, 15) is 0 Å². The molecule has 0 bridgehead atoms. The molecule has 0 fully saturated rings. The number of para-hydroxylation sites is 1. The van der Waals surface area contributed by atoms with Crippen LogP contribution in [0.3, 0.4) is 0 Å². The summed E-state index contributed by atoms with van der Waals surface area (Å²) in [6.07, 6.45) is 0. The molecule has 1 unspecified atom stereocenters. The van der Waals surface area contributed by atoms with Crippen molar-refractivity contribution in [3.63, 3.8) is 0 Å². The smallest absolute Gasteiger partial charge is 0.126 e. The van der Waals surface area contributed by atoms with Crippen molar-refractivity contribution in [2.45, 2.75) is 10.9 Å². The molecule has 0 saturated heterocycles. The highest BCUT2D eigenvalue weighted by atomic mass is 35.5. The third-order valence-electron chi connectivity index (χ3n) is 2.32. The number of benzene rings is 1. The van der Waals surface area contributed by atoms with Gasteiger partial charge in [-0.15, -0.1) is 11.8 Å². The molecule has 0 spiro atoms. The molecule has 0 N–H and O–H groups in total. The standard InChI is InChI=1S/C10H9ClN2S/c1-13-7(5-12)6-14-9-4-2-3-8(11)10(9)13/h2-4,7H,6H2,1H3. The highest BCUT2D eigenvalue weighted by Gasteiger charge is 2.25. The molecular formula is C10H9ClN2S. The zero-order valence-corrected chi connectivity index (χ0v) is 9.27. The first kappa shape index (κ1) is 9.70. The van der Waals surface area contributed by atoms with Gasteiger partial charge in [0.2, 0.25) is 0 Å². The number of fused-ring (bicyclic) bond motifs is 1. The Hall–Kier alpha value is -0.850. The van der Waals surface area contributed by atoms with Crippen molar-refractivity contribution in [2.75, 3.05) is 17.7 Å². The summed E-state index contributed by atoms with van der Waals surface area (Å²) in [6, 6.07) is 8.03. The average Bonchev–Trinajstić information content (AvgIpc) is 2.18. The Balaban J connectivity index is 2.49. The molecule has 1 aromatic rings. The van der Waals surface area contributed by atoms with E-state index in [1.165, 1.54) is 0 Å². The third kappa shape index (κ3) is 1.45. The molecule has 0 aromatic heterocycles. The Kier molecular flexibility index (Phi) is 2.58. The Labute approximate surface area is 92.5 Å². The predicted octanol–water partition coefficient (Wildman–Crippen LogP) is 2.77. The molecule has 72 valence electrons. The number of halogens is 1. The summed E-state index contributed by atoms with van der Waals surface area (Å²) in [6.45, 7) is 0. The second kappa shape index (κ2) is 3.72. The van der Waals surface area contributed by atoms with Gasteiger partial charge in [-0.3, -0.25) is 0 Å². The quantitative estimate of drug-likeness (QED) is 0.678. The fraction of sp³-hybridized carbons (Fsp3) is 0.300. The van der Waals surface area contributed by atoms with E-state index in [0.717, 1.165) is 21.4 Å². The van der Waals surface area contributed by atoms with Crippen molar-refractivity contribution in [3.8, 4) is 6.07 Å². The molecule has 0 saturated carbocycles. The summed E-state index contributed by atoms with van der Waals surface area (Å²) < 4.78 is 0. The highest BCUT2D eigenvalue weighted by Crippen LogP contribution is 2.40. The van der Waals surface area contributed by atoms with E-state index in [-0.39, 0.29) is 6.04 Å². The maximum absolute atomic E-state index is 8.93. The van der Waals surface area contributed by atoms with Crippen LogP contribution in [-0.2, 0) is 0 Å². The first-order valence-corrected chi connectivity index (χ1v) is 5.64. The van der Waals surface area contributed by atoms with E-state index in [1.54, 1.807) is 11.8 Å². The van der Waals surface area contributed by atoms with E-state index in [0.29, 0.717) is 0 Å². The largest absolute Gasteiger partial charge is 0.356 e. The van der Waals surface area contributed by atoms with Gasteiger partial charge in [-0.1, -0.05) is 17.7 Å². The topological polar surface area (TPSA) is 27.0 Å². The molecule has 0 aliphatic carbocycles. The molecule has 2 nitrogen and oxygen atoms in total. The number of thioether (sulfide) groups is 1. The van der Waals surface area contributed by atoms with Gasteiger partial charge in [0.05, 0.1) is 16.8 Å². The summed E-state index contributed by atoms with van der Waals surface area (Å²) in [5.74, 6) is 0.806. The van der Waals surface area contributed by atoms with E-state index < -0.39 is 0 Å². The van der Waals surface area contributed by atoms with Crippen molar-refractivity contribution in [1.29, 1.82) is 5.26 Å². The number of rotatable bonds is 0. The highest BCUT2D eigenvalue weighted by molar-refractivity contribution is 7.99. The molecule has 1 aromatic carbocycles. The van der Waals surface area contributed by atoms with Gasteiger partial charge in [0, 0.05) is 17.7 Å². The van der Waals surface area contributed by atoms with Gasteiger partial charge in [-0.05, 0) is 12.1 Å². The van der Waals surface area contributed by atoms with Crippen LogP contribution in [0.15, 0.2) is 23.1 Å². The normalized spacial score (nSPS) is 20.1. The van der Waals surface area contributed by atoms with Crippen LogP contribution in [0.25, 0.3) is 0 Å². The lowest BCUT2D eigenvalue weighted by atomic mass is 10.2. The lowest BCUT2D eigenvalue weighted by Gasteiger charge is -2.31. The van der Waals surface area contributed by atoms with Crippen LogP contribution in [0.5, 0.6) is 0 Å². The third-order valence-corrected chi connectivity index (χ3v) is 3.74. The fourth-order valence-corrected chi connectivity index (χ4v) is 3.08. The van der Waals surface area contributed by atoms with Crippen LogP contribution in [0.1, 0.15) is 0 Å². The van der Waals surface area contributed by atoms with Gasteiger partial charge in [0.25, 0.3) is 0 Å². The van der Waals surface area contributed by atoms with Crippen LogP contribution in [0.4, 0.5) is 5.69 Å². The van der Waals surface area contributed by atoms with E-state index >= 15 is 0 Å². The minimum Gasteiger partial charge on any atom is -0.356 e. The monoisotopic (exact) mass is 224 g/mol. The van der Waals surface area contributed by atoms with Crippen LogP contribution in [0.2, 0.25) is 5.02 Å². The average molecular weight is 225 g/mol. The molecule has 1 aliphatic heterocycles.